The SMILES string of the molecule is CCCC/C(C(OC)=C1CCC1)=C(/Cl)c1ccc(F)cc1C. The number of hydrogen-bond acceptors (Lipinski definition) is 1. The Balaban J connectivity index is 2.49. The van der Waals surface area contributed by atoms with Crippen molar-refractivity contribution in [2.75, 3.05) is 7.11 Å². The molecule has 22 heavy (non-hydrogen) atoms. The highest BCUT2D eigenvalue weighted by atomic mass is 35.5. The fraction of sp³-hybridized carbons (Fsp3) is 0.474. The Kier molecular flexibility index (Phi) is 6.07. The molecule has 3 heteroatoms. The maximum Gasteiger partial charge on any atom is 0.123 e. The maximum absolute atomic E-state index is 13.3. The Morgan fingerprint density at radius 3 is 2.55 bits per heavy atom. The van der Waals surface area contributed by atoms with Gasteiger partial charge in [-0.3, -0.25) is 0 Å². The quantitative estimate of drug-likeness (QED) is 0.554. The number of hydrogen-bond donors (Lipinski definition) is 0. The summed E-state index contributed by atoms with van der Waals surface area (Å²) >= 11 is 6.71. The Bertz CT molecular complexity index is 595. The summed E-state index contributed by atoms with van der Waals surface area (Å²) in [5, 5.41) is 0.696. The maximum atomic E-state index is 13.3. The number of allylic oxidation sites excluding steroid dienone is 2. The molecule has 0 unspecified atom stereocenters. The summed E-state index contributed by atoms with van der Waals surface area (Å²) < 4.78 is 19.0. The molecule has 0 radical (unpaired) electrons. The molecule has 0 N–H and O–H groups in total. The van der Waals surface area contributed by atoms with Crippen molar-refractivity contribution >= 4 is 16.6 Å². The van der Waals surface area contributed by atoms with E-state index in [0.29, 0.717) is 5.03 Å². The molecule has 0 saturated heterocycles. The second kappa shape index (κ2) is 7.82. The van der Waals surface area contributed by atoms with Gasteiger partial charge in [0, 0.05) is 5.57 Å². The molecule has 0 aliphatic heterocycles. The number of benzene rings is 1. The molecule has 1 fully saturated rings. The van der Waals surface area contributed by atoms with E-state index in [2.05, 4.69) is 6.92 Å². The first-order valence-corrected chi connectivity index (χ1v) is 8.37. The van der Waals surface area contributed by atoms with Crippen LogP contribution >= 0.6 is 11.6 Å². The van der Waals surface area contributed by atoms with Gasteiger partial charge in [0.05, 0.1) is 12.1 Å². The first-order valence-electron chi connectivity index (χ1n) is 8.00. The van der Waals surface area contributed by atoms with E-state index in [4.69, 9.17) is 16.3 Å². The number of unbranched alkanes of at least 4 members (excludes halogenated alkanes) is 1. The van der Waals surface area contributed by atoms with Gasteiger partial charge in [-0.2, -0.15) is 0 Å². The van der Waals surface area contributed by atoms with Gasteiger partial charge >= 0.3 is 0 Å². The number of rotatable bonds is 6. The van der Waals surface area contributed by atoms with Crippen LogP contribution in [-0.4, -0.2) is 7.11 Å². The van der Waals surface area contributed by atoms with Gasteiger partial charge < -0.3 is 4.74 Å². The Morgan fingerprint density at radius 2 is 2.05 bits per heavy atom. The fourth-order valence-corrected chi connectivity index (χ4v) is 3.17. The van der Waals surface area contributed by atoms with Crippen LogP contribution in [0.5, 0.6) is 0 Å². The molecule has 1 aromatic carbocycles. The zero-order valence-corrected chi connectivity index (χ0v) is 14.4. The third kappa shape index (κ3) is 3.73. The Labute approximate surface area is 137 Å². The van der Waals surface area contributed by atoms with Gasteiger partial charge in [0.25, 0.3) is 0 Å². The molecule has 1 nitrogen and oxygen atoms in total. The largest absolute Gasteiger partial charge is 0.496 e. The molecule has 0 heterocycles. The molecule has 2 rings (SSSR count). The molecule has 0 bridgehead atoms. The van der Waals surface area contributed by atoms with Crippen molar-refractivity contribution in [3.8, 4) is 0 Å². The fourth-order valence-electron chi connectivity index (χ4n) is 2.77. The lowest BCUT2D eigenvalue weighted by Crippen LogP contribution is -2.07. The van der Waals surface area contributed by atoms with Gasteiger partial charge in [0.1, 0.15) is 11.6 Å². The second-order valence-electron chi connectivity index (χ2n) is 5.85. The van der Waals surface area contributed by atoms with E-state index in [0.717, 1.165) is 54.6 Å². The molecule has 0 atom stereocenters. The van der Waals surface area contributed by atoms with Crippen LogP contribution in [0.4, 0.5) is 4.39 Å². The first-order chi connectivity index (χ1) is 10.6. The number of aryl methyl sites for hydroxylation is 1. The number of halogens is 2. The van der Waals surface area contributed by atoms with Gasteiger partial charge in [0.2, 0.25) is 0 Å². The molecule has 0 amide bonds. The third-order valence-electron chi connectivity index (χ3n) is 4.23. The van der Waals surface area contributed by atoms with Crippen LogP contribution in [0.1, 0.15) is 56.6 Å². The number of methoxy groups -OCH3 is 1. The van der Waals surface area contributed by atoms with Gasteiger partial charge in [-0.1, -0.05) is 31.0 Å². The average molecular weight is 323 g/mol. The Hall–Kier alpha value is -1.28. The van der Waals surface area contributed by atoms with Crippen molar-refractivity contribution in [2.24, 2.45) is 0 Å². The molecule has 1 aromatic rings. The summed E-state index contributed by atoms with van der Waals surface area (Å²) in [6.07, 6.45) is 6.44. The van der Waals surface area contributed by atoms with E-state index >= 15 is 0 Å². The summed E-state index contributed by atoms with van der Waals surface area (Å²) in [7, 11) is 1.72. The predicted molar refractivity (Wildman–Crippen MR) is 91.3 cm³/mol. The first kappa shape index (κ1) is 17.1. The van der Waals surface area contributed by atoms with Crippen LogP contribution in [-0.2, 0) is 4.74 Å². The van der Waals surface area contributed by atoms with E-state index in [-0.39, 0.29) is 5.82 Å². The van der Waals surface area contributed by atoms with E-state index in [1.165, 1.54) is 24.1 Å². The van der Waals surface area contributed by atoms with Gasteiger partial charge in [-0.05, 0) is 67.9 Å². The summed E-state index contributed by atoms with van der Waals surface area (Å²) in [4.78, 5) is 0. The van der Waals surface area contributed by atoms with Crippen LogP contribution in [0, 0.1) is 12.7 Å². The molecular weight excluding hydrogens is 299 g/mol. The highest BCUT2D eigenvalue weighted by molar-refractivity contribution is 6.49. The van der Waals surface area contributed by atoms with Crippen LogP contribution < -0.4 is 0 Å². The van der Waals surface area contributed by atoms with E-state index < -0.39 is 0 Å². The lowest BCUT2D eigenvalue weighted by molar-refractivity contribution is 0.285. The zero-order chi connectivity index (χ0) is 16.1. The summed E-state index contributed by atoms with van der Waals surface area (Å²) in [5.41, 5.74) is 4.17. The van der Waals surface area contributed by atoms with Crippen LogP contribution in [0.25, 0.3) is 5.03 Å². The predicted octanol–water partition coefficient (Wildman–Crippen LogP) is 6.36. The summed E-state index contributed by atoms with van der Waals surface area (Å²) in [6, 6.07) is 4.75. The lowest BCUT2D eigenvalue weighted by Gasteiger charge is -2.24. The molecule has 120 valence electrons. The normalized spacial score (nSPS) is 15.2. The molecule has 1 saturated carbocycles. The van der Waals surface area contributed by atoms with Crippen LogP contribution in [0.15, 0.2) is 35.1 Å². The standard InChI is InChI=1S/C19H24ClFO/c1-4-5-9-17(19(22-3)14-7-6-8-14)18(20)16-11-10-15(21)12-13(16)2/h10-12H,4-9H2,1-3H3/b18-17-. The summed E-state index contributed by atoms with van der Waals surface area (Å²) in [5.74, 6) is 0.721. The smallest absolute Gasteiger partial charge is 0.123 e. The van der Waals surface area contributed by atoms with E-state index in [9.17, 15) is 4.39 Å². The molecule has 0 aromatic heterocycles. The zero-order valence-electron chi connectivity index (χ0n) is 13.6. The van der Waals surface area contributed by atoms with E-state index in [1.807, 2.05) is 6.92 Å². The van der Waals surface area contributed by atoms with Crippen molar-refractivity contribution in [2.45, 2.75) is 52.4 Å². The molecular formula is C19H24ClFO. The van der Waals surface area contributed by atoms with E-state index in [1.54, 1.807) is 13.2 Å². The van der Waals surface area contributed by atoms with Crippen molar-refractivity contribution in [1.29, 1.82) is 0 Å². The topological polar surface area (TPSA) is 9.23 Å². The second-order valence-corrected chi connectivity index (χ2v) is 6.22. The highest BCUT2D eigenvalue weighted by Gasteiger charge is 2.21. The lowest BCUT2D eigenvalue weighted by atomic mass is 9.87. The van der Waals surface area contributed by atoms with Crippen molar-refractivity contribution in [3.63, 3.8) is 0 Å². The molecule has 1 aliphatic rings. The van der Waals surface area contributed by atoms with Crippen LogP contribution in [0.3, 0.4) is 0 Å². The summed E-state index contributed by atoms with van der Waals surface area (Å²) in [6.45, 7) is 4.05. The van der Waals surface area contributed by atoms with Crippen molar-refractivity contribution in [3.05, 3.63) is 52.0 Å². The van der Waals surface area contributed by atoms with Gasteiger partial charge in [0.15, 0.2) is 0 Å². The Morgan fingerprint density at radius 1 is 1.32 bits per heavy atom. The minimum Gasteiger partial charge on any atom is -0.496 e. The van der Waals surface area contributed by atoms with Gasteiger partial charge in [-0.25, -0.2) is 4.39 Å². The molecule has 1 aliphatic carbocycles. The highest BCUT2D eigenvalue weighted by Crippen LogP contribution is 2.39. The molecule has 0 spiro atoms. The average Bonchev–Trinajstić information content (AvgIpc) is 2.43. The minimum absolute atomic E-state index is 0.231. The minimum atomic E-state index is -0.231. The van der Waals surface area contributed by atoms with Crippen molar-refractivity contribution in [1.82, 2.24) is 0 Å². The van der Waals surface area contributed by atoms with Crippen LogP contribution in [0.2, 0.25) is 0 Å². The third-order valence-corrected chi connectivity index (χ3v) is 4.66. The van der Waals surface area contributed by atoms with Gasteiger partial charge in [-0.15, -0.1) is 0 Å². The van der Waals surface area contributed by atoms with Crippen molar-refractivity contribution < 1.29 is 9.13 Å². The number of ether oxygens (including phenoxy) is 1. The monoisotopic (exact) mass is 322 g/mol.